The van der Waals surface area contributed by atoms with E-state index in [1.807, 2.05) is 18.2 Å². The van der Waals surface area contributed by atoms with E-state index < -0.39 is 0 Å². The highest BCUT2D eigenvalue weighted by atomic mass is 35.5. The molecule has 0 spiro atoms. The Labute approximate surface area is 125 Å². The molecule has 1 heterocycles. The van der Waals surface area contributed by atoms with Crippen LogP contribution in [0.1, 0.15) is 25.3 Å². The van der Waals surface area contributed by atoms with E-state index in [-0.39, 0.29) is 0 Å². The van der Waals surface area contributed by atoms with Crippen molar-refractivity contribution in [3.63, 3.8) is 0 Å². The molecule has 1 N–H and O–H groups in total. The van der Waals surface area contributed by atoms with Gasteiger partial charge in [0.1, 0.15) is 0 Å². The standard InChI is InChI=1S/C15H21Cl2NO/c1-2-18-14(7-11-5-6-19-10-11)8-12-3-4-13(16)9-15(12)17/h3-4,9,11,14,18H,2,5-8,10H2,1H3. The Hall–Kier alpha value is -0.280. The molecule has 0 radical (unpaired) electrons. The van der Waals surface area contributed by atoms with Crippen LogP contribution < -0.4 is 5.32 Å². The van der Waals surface area contributed by atoms with Crippen LogP contribution in [0.15, 0.2) is 18.2 Å². The van der Waals surface area contributed by atoms with E-state index in [0.29, 0.717) is 17.0 Å². The topological polar surface area (TPSA) is 21.3 Å². The lowest BCUT2D eigenvalue weighted by Crippen LogP contribution is -2.33. The number of rotatable bonds is 6. The van der Waals surface area contributed by atoms with Crippen molar-refractivity contribution in [2.75, 3.05) is 19.8 Å². The highest BCUT2D eigenvalue weighted by molar-refractivity contribution is 6.35. The Kier molecular flexibility index (Phi) is 5.96. The van der Waals surface area contributed by atoms with Crippen LogP contribution in [0.3, 0.4) is 0 Å². The summed E-state index contributed by atoms with van der Waals surface area (Å²) in [7, 11) is 0. The summed E-state index contributed by atoms with van der Waals surface area (Å²) in [5.41, 5.74) is 1.16. The summed E-state index contributed by atoms with van der Waals surface area (Å²) in [5, 5.41) is 5.01. The minimum atomic E-state index is 0.454. The van der Waals surface area contributed by atoms with Gasteiger partial charge in [0.05, 0.1) is 0 Å². The first-order valence-corrected chi connectivity index (χ1v) is 7.69. The molecule has 2 nitrogen and oxygen atoms in total. The number of hydrogen-bond acceptors (Lipinski definition) is 2. The Morgan fingerprint density at radius 1 is 1.42 bits per heavy atom. The maximum atomic E-state index is 6.25. The molecular weight excluding hydrogens is 281 g/mol. The van der Waals surface area contributed by atoms with E-state index in [1.54, 1.807) is 0 Å². The van der Waals surface area contributed by atoms with Gasteiger partial charge in [-0.05, 0) is 49.4 Å². The van der Waals surface area contributed by atoms with Gasteiger partial charge in [0, 0.05) is 29.3 Å². The predicted octanol–water partition coefficient (Wildman–Crippen LogP) is 3.94. The fourth-order valence-electron chi connectivity index (χ4n) is 2.65. The van der Waals surface area contributed by atoms with Crippen LogP contribution in [0, 0.1) is 5.92 Å². The van der Waals surface area contributed by atoms with Crippen molar-refractivity contribution in [2.45, 2.75) is 32.2 Å². The van der Waals surface area contributed by atoms with E-state index in [4.69, 9.17) is 27.9 Å². The summed E-state index contributed by atoms with van der Waals surface area (Å²) in [6.07, 6.45) is 3.27. The fourth-order valence-corrected chi connectivity index (χ4v) is 3.14. The van der Waals surface area contributed by atoms with Crippen molar-refractivity contribution in [3.8, 4) is 0 Å². The summed E-state index contributed by atoms with van der Waals surface area (Å²) in [6, 6.07) is 6.21. The molecule has 1 aliphatic heterocycles. The Balaban J connectivity index is 1.98. The van der Waals surface area contributed by atoms with Gasteiger partial charge in [0.15, 0.2) is 0 Å². The van der Waals surface area contributed by atoms with Gasteiger partial charge in [-0.1, -0.05) is 36.2 Å². The minimum absolute atomic E-state index is 0.454. The minimum Gasteiger partial charge on any atom is -0.381 e. The quantitative estimate of drug-likeness (QED) is 0.859. The normalized spacial score (nSPS) is 20.7. The maximum Gasteiger partial charge on any atom is 0.0495 e. The average molecular weight is 302 g/mol. The first-order chi connectivity index (χ1) is 9.19. The van der Waals surface area contributed by atoms with Crippen molar-refractivity contribution >= 4 is 23.2 Å². The maximum absolute atomic E-state index is 6.25. The van der Waals surface area contributed by atoms with Crippen LogP contribution in [0.2, 0.25) is 10.0 Å². The average Bonchev–Trinajstić information content (AvgIpc) is 2.86. The Bertz CT molecular complexity index is 405. The largest absolute Gasteiger partial charge is 0.381 e. The van der Waals surface area contributed by atoms with Gasteiger partial charge in [-0.15, -0.1) is 0 Å². The lowest BCUT2D eigenvalue weighted by Gasteiger charge is -2.21. The summed E-state index contributed by atoms with van der Waals surface area (Å²) >= 11 is 12.2. The van der Waals surface area contributed by atoms with Gasteiger partial charge in [-0.2, -0.15) is 0 Å². The summed E-state index contributed by atoms with van der Waals surface area (Å²) in [4.78, 5) is 0. The SMILES string of the molecule is CCNC(Cc1ccc(Cl)cc1Cl)CC1CCOC1. The van der Waals surface area contributed by atoms with Crippen LogP contribution in [0.5, 0.6) is 0 Å². The Morgan fingerprint density at radius 3 is 2.89 bits per heavy atom. The second kappa shape index (κ2) is 7.49. The molecule has 0 bridgehead atoms. The molecule has 1 aromatic carbocycles. The highest BCUT2D eigenvalue weighted by Crippen LogP contribution is 2.25. The molecule has 19 heavy (non-hydrogen) atoms. The molecule has 2 unspecified atom stereocenters. The van der Waals surface area contributed by atoms with Crippen LogP contribution in [-0.2, 0) is 11.2 Å². The molecule has 0 aliphatic carbocycles. The zero-order valence-corrected chi connectivity index (χ0v) is 12.8. The molecule has 0 saturated carbocycles. The number of halogens is 2. The molecule has 2 rings (SSSR count). The van der Waals surface area contributed by atoms with Crippen LogP contribution >= 0.6 is 23.2 Å². The van der Waals surface area contributed by atoms with Crippen LogP contribution in [0.25, 0.3) is 0 Å². The third kappa shape index (κ3) is 4.64. The third-order valence-corrected chi connectivity index (χ3v) is 4.20. The van der Waals surface area contributed by atoms with Gasteiger partial charge < -0.3 is 10.1 Å². The molecule has 106 valence electrons. The number of likely N-dealkylation sites (N-methyl/N-ethyl adjacent to an activating group) is 1. The van der Waals surface area contributed by atoms with Crippen molar-refractivity contribution in [2.24, 2.45) is 5.92 Å². The number of nitrogens with one attached hydrogen (secondary N) is 1. The molecule has 1 aliphatic rings. The predicted molar refractivity (Wildman–Crippen MR) is 81.2 cm³/mol. The second-order valence-electron chi connectivity index (χ2n) is 5.16. The number of benzene rings is 1. The monoisotopic (exact) mass is 301 g/mol. The van der Waals surface area contributed by atoms with E-state index >= 15 is 0 Å². The highest BCUT2D eigenvalue weighted by Gasteiger charge is 2.21. The molecule has 2 atom stereocenters. The summed E-state index contributed by atoms with van der Waals surface area (Å²) < 4.78 is 5.45. The molecule has 1 aromatic rings. The lowest BCUT2D eigenvalue weighted by atomic mass is 9.94. The van der Waals surface area contributed by atoms with E-state index in [9.17, 15) is 0 Å². The van der Waals surface area contributed by atoms with Crippen LogP contribution in [-0.4, -0.2) is 25.8 Å². The third-order valence-electron chi connectivity index (χ3n) is 3.62. The molecule has 0 aromatic heterocycles. The van der Waals surface area contributed by atoms with Crippen molar-refractivity contribution in [3.05, 3.63) is 33.8 Å². The first kappa shape index (κ1) is 15.1. The van der Waals surface area contributed by atoms with Crippen LogP contribution in [0.4, 0.5) is 0 Å². The molecule has 1 saturated heterocycles. The molecule has 1 fully saturated rings. The first-order valence-electron chi connectivity index (χ1n) is 6.94. The van der Waals surface area contributed by atoms with E-state index in [0.717, 1.165) is 43.2 Å². The van der Waals surface area contributed by atoms with Gasteiger partial charge in [0.25, 0.3) is 0 Å². The van der Waals surface area contributed by atoms with Gasteiger partial charge in [-0.3, -0.25) is 0 Å². The molecular formula is C15H21Cl2NO. The molecule has 4 heteroatoms. The van der Waals surface area contributed by atoms with E-state index in [1.165, 1.54) is 6.42 Å². The van der Waals surface area contributed by atoms with Crippen molar-refractivity contribution in [1.82, 2.24) is 5.32 Å². The summed E-state index contributed by atoms with van der Waals surface area (Å²) in [6.45, 7) is 4.92. The number of ether oxygens (including phenoxy) is 1. The van der Waals surface area contributed by atoms with Gasteiger partial charge >= 0.3 is 0 Å². The van der Waals surface area contributed by atoms with Gasteiger partial charge in [-0.25, -0.2) is 0 Å². The zero-order chi connectivity index (χ0) is 13.7. The van der Waals surface area contributed by atoms with Gasteiger partial charge in [0.2, 0.25) is 0 Å². The van der Waals surface area contributed by atoms with Crippen molar-refractivity contribution < 1.29 is 4.74 Å². The fraction of sp³-hybridized carbons (Fsp3) is 0.600. The number of hydrogen-bond donors (Lipinski definition) is 1. The zero-order valence-electron chi connectivity index (χ0n) is 11.3. The molecule has 0 amide bonds. The lowest BCUT2D eigenvalue weighted by molar-refractivity contribution is 0.181. The summed E-state index contributed by atoms with van der Waals surface area (Å²) in [5.74, 6) is 0.676. The second-order valence-corrected chi connectivity index (χ2v) is 6.00. The van der Waals surface area contributed by atoms with Crippen molar-refractivity contribution in [1.29, 1.82) is 0 Å². The van der Waals surface area contributed by atoms with E-state index in [2.05, 4.69) is 12.2 Å². The Morgan fingerprint density at radius 2 is 2.26 bits per heavy atom. The smallest absolute Gasteiger partial charge is 0.0495 e.